The van der Waals surface area contributed by atoms with Gasteiger partial charge in [-0.3, -0.25) is 10.1 Å². The third kappa shape index (κ3) is 5.38. The summed E-state index contributed by atoms with van der Waals surface area (Å²) in [4.78, 5) is 21.4. The lowest BCUT2D eigenvalue weighted by molar-refractivity contribution is -0.386. The van der Waals surface area contributed by atoms with Gasteiger partial charge in [0.2, 0.25) is 0 Å². The van der Waals surface area contributed by atoms with Gasteiger partial charge in [0.1, 0.15) is 17.8 Å². The summed E-state index contributed by atoms with van der Waals surface area (Å²) in [5.41, 5.74) is -1.52. The van der Waals surface area contributed by atoms with Crippen LogP contribution in [0.4, 0.5) is 10.5 Å². The molecule has 1 amide bonds. The minimum Gasteiger partial charge on any atom is -0.502 e. The molecule has 0 fully saturated rings. The maximum absolute atomic E-state index is 11.5. The Morgan fingerprint density at radius 1 is 1.39 bits per heavy atom. The third-order valence-corrected chi connectivity index (χ3v) is 2.78. The number of nitrogens with one attached hydrogen (secondary N) is 1. The maximum atomic E-state index is 11.5. The van der Waals surface area contributed by atoms with Crippen molar-refractivity contribution in [2.75, 3.05) is 6.54 Å². The second-order valence-corrected chi connectivity index (χ2v) is 5.87. The highest BCUT2D eigenvalue weighted by Gasteiger charge is 2.27. The maximum Gasteiger partial charge on any atom is 0.407 e. The molecule has 0 aliphatic rings. The van der Waals surface area contributed by atoms with Gasteiger partial charge < -0.3 is 25.4 Å². The Hall–Kier alpha value is -2.39. The zero-order valence-electron chi connectivity index (χ0n) is 13.0. The standard InChI is InChI=1S/C14H20N2O7/c1-14(2,3)23-13(20)15-7-10(17)12(19)8-5-4-6-9(11(8)18)16(21)22/h4-6,10,12,17-19H,7H2,1-3H3,(H,15,20). The van der Waals surface area contributed by atoms with Crippen molar-refractivity contribution in [3.05, 3.63) is 33.9 Å². The van der Waals surface area contributed by atoms with Crippen molar-refractivity contribution in [2.45, 2.75) is 38.6 Å². The summed E-state index contributed by atoms with van der Waals surface area (Å²) >= 11 is 0. The number of phenols is 1. The van der Waals surface area contributed by atoms with E-state index < -0.39 is 40.3 Å². The SMILES string of the molecule is CC(C)(C)OC(=O)NCC(O)C(O)c1cccc([N+](=O)[O-])c1O. The van der Waals surface area contributed by atoms with E-state index in [0.29, 0.717) is 0 Å². The summed E-state index contributed by atoms with van der Waals surface area (Å²) in [6.45, 7) is 4.63. The monoisotopic (exact) mass is 328 g/mol. The number of carbonyl (C=O) groups excluding carboxylic acids is 1. The van der Waals surface area contributed by atoms with Crippen LogP contribution in [0.2, 0.25) is 0 Å². The molecule has 0 aliphatic carbocycles. The highest BCUT2D eigenvalue weighted by molar-refractivity contribution is 5.67. The molecule has 1 aromatic carbocycles. The summed E-state index contributed by atoms with van der Waals surface area (Å²) in [6.07, 6.45) is -3.90. The van der Waals surface area contributed by atoms with Crippen molar-refractivity contribution >= 4 is 11.8 Å². The topological polar surface area (TPSA) is 142 Å². The second kappa shape index (κ2) is 7.25. The van der Waals surface area contributed by atoms with Gasteiger partial charge in [-0.1, -0.05) is 12.1 Å². The van der Waals surface area contributed by atoms with Crippen LogP contribution < -0.4 is 5.32 Å². The molecule has 1 rings (SSSR count). The molecule has 0 radical (unpaired) electrons. The lowest BCUT2D eigenvalue weighted by atomic mass is 10.0. The van der Waals surface area contributed by atoms with Crippen molar-refractivity contribution < 1.29 is 29.8 Å². The van der Waals surface area contributed by atoms with Crippen molar-refractivity contribution in [3.63, 3.8) is 0 Å². The van der Waals surface area contributed by atoms with E-state index in [-0.39, 0.29) is 12.1 Å². The van der Waals surface area contributed by atoms with Gasteiger partial charge in [-0.05, 0) is 20.8 Å². The van der Waals surface area contributed by atoms with Crippen LogP contribution in [0.15, 0.2) is 18.2 Å². The number of aliphatic hydroxyl groups excluding tert-OH is 2. The van der Waals surface area contributed by atoms with Crippen LogP contribution in [0.1, 0.15) is 32.4 Å². The van der Waals surface area contributed by atoms with Crippen LogP contribution in [0, 0.1) is 10.1 Å². The van der Waals surface area contributed by atoms with Crippen LogP contribution in [-0.4, -0.2) is 44.6 Å². The number of benzene rings is 1. The highest BCUT2D eigenvalue weighted by atomic mass is 16.6. The Bertz CT molecular complexity index is 583. The lowest BCUT2D eigenvalue weighted by Gasteiger charge is -2.22. The first kappa shape index (κ1) is 18.7. The Labute approximate surface area is 132 Å². The van der Waals surface area contributed by atoms with Crippen molar-refractivity contribution in [3.8, 4) is 5.75 Å². The van der Waals surface area contributed by atoms with E-state index in [0.717, 1.165) is 6.07 Å². The number of ether oxygens (including phenoxy) is 1. The quantitative estimate of drug-likeness (QED) is 0.470. The predicted molar refractivity (Wildman–Crippen MR) is 80.0 cm³/mol. The van der Waals surface area contributed by atoms with E-state index in [1.807, 2.05) is 0 Å². The number of nitrogens with zero attached hydrogens (tertiary/aromatic N) is 1. The van der Waals surface area contributed by atoms with Gasteiger partial charge in [0, 0.05) is 18.2 Å². The molecule has 2 atom stereocenters. The summed E-state index contributed by atoms with van der Waals surface area (Å²) in [5.74, 6) is -0.735. The Morgan fingerprint density at radius 2 is 2.00 bits per heavy atom. The fourth-order valence-corrected chi connectivity index (χ4v) is 1.76. The van der Waals surface area contributed by atoms with Gasteiger partial charge in [-0.2, -0.15) is 0 Å². The van der Waals surface area contributed by atoms with E-state index in [9.17, 15) is 30.2 Å². The van der Waals surface area contributed by atoms with Gasteiger partial charge in [0.15, 0.2) is 5.75 Å². The Balaban J connectivity index is 2.74. The fraction of sp³-hybridized carbons (Fsp3) is 0.500. The molecule has 4 N–H and O–H groups in total. The van der Waals surface area contributed by atoms with Crippen LogP contribution in [0.25, 0.3) is 0 Å². The molecule has 23 heavy (non-hydrogen) atoms. The molecule has 9 heteroatoms. The van der Waals surface area contributed by atoms with Crippen LogP contribution >= 0.6 is 0 Å². The number of amides is 1. The number of carbonyl (C=O) groups is 1. The molecular weight excluding hydrogens is 308 g/mol. The number of para-hydroxylation sites is 1. The largest absolute Gasteiger partial charge is 0.502 e. The number of hydrogen-bond acceptors (Lipinski definition) is 7. The number of alkyl carbamates (subject to hydrolysis) is 1. The van der Waals surface area contributed by atoms with Gasteiger partial charge in [0.25, 0.3) is 0 Å². The minimum absolute atomic E-state index is 0.210. The van der Waals surface area contributed by atoms with Crippen molar-refractivity contribution in [1.29, 1.82) is 0 Å². The molecule has 0 heterocycles. The van der Waals surface area contributed by atoms with Gasteiger partial charge >= 0.3 is 11.8 Å². The molecular formula is C14H20N2O7. The molecule has 0 aliphatic heterocycles. The smallest absolute Gasteiger partial charge is 0.407 e. The third-order valence-electron chi connectivity index (χ3n) is 2.78. The summed E-state index contributed by atoms with van der Waals surface area (Å²) in [6, 6.07) is 3.57. The van der Waals surface area contributed by atoms with Crippen LogP contribution in [0.3, 0.4) is 0 Å². The number of phenolic OH excluding ortho intramolecular Hbond substituents is 1. The molecule has 0 bridgehead atoms. The van der Waals surface area contributed by atoms with E-state index >= 15 is 0 Å². The minimum atomic E-state index is -1.62. The first-order chi connectivity index (χ1) is 10.5. The number of hydrogen-bond donors (Lipinski definition) is 4. The number of aromatic hydroxyl groups is 1. The average molecular weight is 328 g/mol. The average Bonchev–Trinajstić information content (AvgIpc) is 2.42. The molecule has 128 valence electrons. The molecule has 0 saturated carbocycles. The van der Waals surface area contributed by atoms with Crippen molar-refractivity contribution in [1.82, 2.24) is 5.32 Å². The summed E-state index contributed by atoms with van der Waals surface area (Å²) in [7, 11) is 0. The summed E-state index contributed by atoms with van der Waals surface area (Å²) < 4.78 is 4.97. The molecule has 0 spiro atoms. The van der Waals surface area contributed by atoms with Gasteiger partial charge in [-0.25, -0.2) is 4.79 Å². The number of nitro groups is 1. The molecule has 2 unspecified atom stereocenters. The lowest BCUT2D eigenvalue weighted by Crippen LogP contribution is -2.38. The fourth-order valence-electron chi connectivity index (χ4n) is 1.76. The number of nitro benzene ring substituents is 1. The highest BCUT2D eigenvalue weighted by Crippen LogP contribution is 2.34. The molecule has 0 aromatic heterocycles. The molecule has 9 nitrogen and oxygen atoms in total. The zero-order chi connectivity index (χ0) is 17.8. The normalized spacial score (nSPS) is 14.0. The zero-order valence-corrected chi connectivity index (χ0v) is 13.0. The van der Waals surface area contributed by atoms with E-state index in [4.69, 9.17) is 4.74 Å². The van der Waals surface area contributed by atoms with Crippen molar-refractivity contribution in [2.24, 2.45) is 0 Å². The van der Waals surface area contributed by atoms with Crippen LogP contribution in [0.5, 0.6) is 5.75 Å². The summed E-state index contributed by atoms with van der Waals surface area (Å²) in [5, 5.41) is 42.7. The first-order valence-corrected chi connectivity index (χ1v) is 6.82. The second-order valence-electron chi connectivity index (χ2n) is 5.87. The first-order valence-electron chi connectivity index (χ1n) is 6.82. The Morgan fingerprint density at radius 3 is 2.52 bits per heavy atom. The van der Waals surface area contributed by atoms with E-state index in [1.165, 1.54) is 12.1 Å². The molecule has 0 saturated heterocycles. The Kier molecular flexibility index (Phi) is 5.88. The number of aliphatic hydroxyl groups is 2. The van der Waals surface area contributed by atoms with Crippen LogP contribution in [-0.2, 0) is 4.74 Å². The van der Waals surface area contributed by atoms with E-state index in [2.05, 4.69) is 5.32 Å². The van der Waals surface area contributed by atoms with Gasteiger partial charge in [0.05, 0.1) is 4.92 Å². The van der Waals surface area contributed by atoms with E-state index in [1.54, 1.807) is 20.8 Å². The number of rotatable bonds is 5. The molecule has 1 aromatic rings. The predicted octanol–water partition coefficient (Wildman–Crippen LogP) is 1.22. The van der Waals surface area contributed by atoms with Gasteiger partial charge in [-0.15, -0.1) is 0 Å².